The second-order valence-corrected chi connectivity index (χ2v) is 5.17. The summed E-state index contributed by atoms with van der Waals surface area (Å²) in [5.74, 6) is 6.93. The third kappa shape index (κ3) is 2.58. The maximum absolute atomic E-state index is 11.0. The lowest BCUT2D eigenvalue weighted by Gasteiger charge is -2.18. The number of nitrogens with two attached hydrogens (primary N) is 1. The molecule has 1 aromatic rings. The Balaban J connectivity index is 1.86. The molecule has 3 rings (SSSR count). The van der Waals surface area contributed by atoms with Crippen molar-refractivity contribution in [2.24, 2.45) is 17.7 Å². The Morgan fingerprint density at radius 3 is 2.47 bits per heavy atom. The lowest BCUT2D eigenvalue weighted by molar-refractivity contribution is -0.384. The molecule has 1 aromatic heterocycles. The summed E-state index contributed by atoms with van der Waals surface area (Å²) in [6.07, 6.45) is 5.94. The predicted octanol–water partition coefficient (Wildman–Crippen LogP) is 1.27. The van der Waals surface area contributed by atoms with E-state index >= 15 is 0 Å². The van der Waals surface area contributed by atoms with Crippen LogP contribution in [0.3, 0.4) is 0 Å². The molecule has 0 amide bonds. The van der Waals surface area contributed by atoms with Crippen LogP contribution < -0.4 is 16.6 Å². The number of nitrogens with zero attached hydrogens (tertiary/aromatic N) is 3. The van der Waals surface area contributed by atoms with Crippen molar-refractivity contribution in [1.29, 1.82) is 0 Å². The summed E-state index contributed by atoms with van der Waals surface area (Å²) in [6.45, 7) is 0. The largest absolute Gasteiger partial charge is 0.361 e. The van der Waals surface area contributed by atoms with Crippen molar-refractivity contribution in [2.45, 2.75) is 31.7 Å². The number of aromatic nitrogens is 2. The van der Waals surface area contributed by atoms with Crippen molar-refractivity contribution in [2.75, 3.05) is 10.7 Å². The summed E-state index contributed by atoms with van der Waals surface area (Å²) in [5, 5.41) is 14.2. The molecule has 2 aliphatic carbocycles. The molecule has 0 spiro atoms. The maximum Gasteiger partial charge on any atom is 0.329 e. The van der Waals surface area contributed by atoms with Gasteiger partial charge < -0.3 is 5.32 Å². The number of hydrogen-bond acceptors (Lipinski definition) is 7. The number of nitrogen functional groups attached to an aromatic ring is 1. The first-order valence-corrected chi connectivity index (χ1v) is 6.43. The highest BCUT2D eigenvalue weighted by atomic mass is 16.6. The second kappa shape index (κ2) is 4.61. The van der Waals surface area contributed by atoms with Crippen LogP contribution in [0.1, 0.15) is 25.7 Å². The molecule has 19 heavy (non-hydrogen) atoms. The van der Waals surface area contributed by atoms with Gasteiger partial charge in [-0.25, -0.2) is 10.8 Å². The van der Waals surface area contributed by atoms with Gasteiger partial charge in [0.2, 0.25) is 11.8 Å². The van der Waals surface area contributed by atoms with Crippen LogP contribution in [0.5, 0.6) is 0 Å². The van der Waals surface area contributed by atoms with Gasteiger partial charge in [-0.05, 0) is 37.5 Å². The van der Waals surface area contributed by atoms with Crippen LogP contribution in [0, 0.1) is 22.0 Å². The minimum absolute atomic E-state index is 0.106. The molecule has 2 saturated carbocycles. The fraction of sp³-hybridized carbons (Fsp3) is 0.636. The summed E-state index contributed by atoms with van der Waals surface area (Å²) < 4.78 is 0. The van der Waals surface area contributed by atoms with E-state index in [9.17, 15) is 10.1 Å². The zero-order chi connectivity index (χ0) is 13.4. The zero-order valence-electron chi connectivity index (χ0n) is 10.4. The minimum Gasteiger partial charge on any atom is -0.361 e. The minimum atomic E-state index is -0.473. The molecule has 8 nitrogen and oxygen atoms in total. The predicted molar refractivity (Wildman–Crippen MR) is 69.4 cm³/mol. The number of hydrazine groups is 1. The normalized spacial score (nSPS) is 18.4. The Morgan fingerprint density at radius 1 is 1.37 bits per heavy atom. The van der Waals surface area contributed by atoms with Crippen LogP contribution in [0.15, 0.2) is 6.20 Å². The number of rotatable bonds is 6. The number of anilines is 2. The van der Waals surface area contributed by atoms with Gasteiger partial charge in [0.15, 0.2) is 0 Å². The van der Waals surface area contributed by atoms with Gasteiger partial charge in [0.05, 0.1) is 4.92 Å². The van der Waals surface area contributed by atoms with Crippen LogP contribution in [0.4, 0.5) is 17.5 Å². The summed E-state index contributed by atoms with van der Waals surface area (Å²) in [6, 6.07) is 0.291. The van der Waals surface area contributed by atoms with E-state index < -0.39 is 4.92 Å². The molecular formula is C11H16N6O2. The van der Waals surface area contributed by atoms with E-state index in [-0.39, 0.29) is 17.5 Å². The summed E-state index contributed by atoms with van der Waals surface area (Å²) in [4.78, 5) is 18.4. The second-order valence-electron chi connectivity index (χ2n) is 5.17. The molecule has 4 N–H and O–H groups in total. The van der Waals surface area contributed by atoms with Crippen molar-refractivity contribution >= 4 is 17.5 Å². The molecule has 0 aliphatic heterocycles. The molecule has 0 saturated heterocycles. The van der Waals surface area contributed by atoms with E-state index in [1.807, 2.05) is 0 Å². The van der Waals surface area contributed by atoms with Gasteiger partial charge in [-0.3, -0.25) is 15.5 Å². The Bertz CT molecular complexity index is 488. The zero-order valence-corrected chi connectivity index (χ0v) is 10.4. The average molecular weight is 264 g/mol. The van der Waals surface area contributed by atoms with Crippen LogP contribution in [-0.4, -0.2) is 20.9 Å². The highest BCUT2D eigenvalue weighted by Gasteiger charge is 2.42. The van der Waals surface area contributed by atoms with Gasteiger partial charge >= 0.3 is 5.69 Å². The van der Waals surface area contributed by atoms with Crippen molar-refractivity contribution in [1.82, 2.24) is 9.97 Å². The van der Waals surface area contributed by atoms with Gasteiger partial charge in [-0.1, -0.05) is 0 Å². The highest BCUT2D eigenvalue weighted by Crippen LogP contribution is 2.46. The monoisotopic (exact) mass is 264 g/mol. The smallest absolute Gasteiger partial charge is 0.329 e. The van der Waals surface area contributed by atoms with Crippen LogP contribution >= 0.6 is 0 Å². The van der Waals surface area contributed by atoms with E-state index in [0.29, 0.717) is 17.9 Å². The fourth-order valence-corrected chi connectivity index (χ4v) is 2.37. The van der Waals surface area contributed by atoms with Crippen LogP contribution in [-0.2, 0) is 0 Å². The highest BCUT2D eigenvalue weighted by molar-refractivity contribution is 5.57. The Kier molecular flexibility index (Phi) is 2.94. The van der Waals surface area contributed by atoms with Gasteiger partial charge in [0, 0.05) is 6.04 Å². The first kappa shape index (κ1) is 12.1. The van der Waals surface area contributed by atoms with E-state index in [4.69, 9.17) is 5.84 Å². The molecular weight excluding hydrogens is 248 g/mol. The number of nitro groups is 1. The van der Waals surface area contributed by atoms with Crippen molar-refractivity contribution in [3.8, 4) is 0 Å². The number of nitrogens with one attached hydrogen (secondary N) is 2. The van der Waals surface area contributed by atoms with Gasteiger partial charge in [0.1, 0.15) is 6.20 Å². The molecule has 2 aliphatic rings. The SMILES string of the molecule is NNc1ncc([N+](=O)[O-])c(NC(C2CC2)C2CC2)n1. The summed E-state index contributed by atoms with van der Waals surface area (Å²) in [7, 11) is 0. The summed E-state index contributed by atoms with van der Waals surface area (Å²) >= 11 is 0. The maximum atomic E-state index is 11.0. The van der Waals surface area contributed by atoms with E-state index in [2.05, 4.69) is 20.7 Å². The Labute approximate surface area is 109 Å². The third-order valence-electron chi connectivity index (χ3n) is 3.66. The van der Waals surface area contributed by atoms with Gasteiger partial charge in [-0.2, -0.15) is 4.98 Å². The average Bonchev–Trinajstić information content (AvgIpc) is 3.28. The Hall–Kier alpha value is -1.96. The fourth-order valence-electron chi connectivity index (χ4n) is 2.37. The van der Waals surface area contributed by atoms with E-state index in [1.54, 1.807) is 0 Å². The molecule has 8 heteroatoms. The van der Waals surface area contributed by atoms with Crippen molar-refractivity contribution in [3.63, 3.8) is 0 Å². The van der Waals surface area contributed by atoms with Gasteiger partial charge in [-0.15, -0.1) is 0 Å². The van der Waals surface area contributed by atoms with E-state index in [0.717, 1.165) is 0 Å². The quantitative estimate of drug-likeness (QED) is 0.402. The molecule has 102 valence electrons. The lowest BCUT2D eigenvalue weighted by Crippen LogP contribution is -2.26. The van der Waals surface area contributed by atoms with E-state index in [1.165, 1.54) is 31.9 Å². The molecule has 0 unspecified atom stereocenters. The van der Waals surface area contributed by atoms with Crippen molar-refractivity contribution < 1.29 is 4.92 Å². The molecule has 0 radical (unpaired) electrons. The molecule has 0 atom stereocenters. The standard InChI is InChI=1S/C11H16N6O2/c12-16-11-13-5-8(17(18)19)10(15-11)14-9(6-1-2-6)7-3-4-7/h5-7,9H,1-4,12H2,(H2,13,14,15,16). The topological polar surface area (TPSA) is 119 Å². The van der Waals surface area contributed by atoms with Crippen LogP contribution in [0.25, 0.3) is 0 Å². The third-order valence-corrected chi connectivity index (χ3v) is 3.66. The van der Waals surface area contributed by atoms with Crippen molar-refractivity contribution in [3.05, 3.63) is 16.3 Å². The van der Waals surface area contributed by atoms with Crippen LogP contribution in [0.2, 0.25) is 0 Å². The Morgan fingerprint density at radius 2 is 2.00 bits per heavy atom. The first-order valence-electron chi connectivity index (χ1n) is 6.43. The van der Waals surface area contributed by atoms with Gasteiger partial charge in [0.25, 0.3) is 0 Å². The lowest BCUT2D eigenvalue weighted by atomic mass is 10.1. The summed E-state index contributed by atoms with van der Waals surface area (Å²) in [5.41, 5.74) is 2.21. The molecule has 1 heterocycles. The molecule has 0 aromatic carbocycles. The first-order chi connectivity index (χ1) is 9.19. The molecule has 2 fully saturated rings. The number of hydrogen-bond donors (Lipinski definition) is 3. The molecule has 0 bridgehead atoms.